The van der Waals surface area contributed by atoms with Crippen LogP contribution in [-0.4, -0.2) is 38.6 Å². The molecule has 0 saturated carbocycles. The number of rotatable bonds is 10. The summed E-state index contributed by atoms with van der Waals surface area (Å²) in [6.45, 7) is 13.4. The van der Waals surface area contributed by atoms with E-state index < -0.39 is 0 Å². The van der Waals surface area contributed by atoms with Crippen molar-refractivity contribution >= 4 is 0 Å². The van der Waals surface area contributed by atoms with Crippen LogP contribution in [0, 0.1) is 10.8 Å². The Bertz CT molecular complexity index is 498. The van der Waals surface area contributed by atoms with Gasteiger partial charge in [0.1, 0.15) is 0 Å². The van der Waals surface area contributed by atoms with E-state index in [4.69, 9.17) is 18.9 Å². The van der Waals surface area contributed by atoms with Gasteiger partial charge in [0.05, 0.1) is 51.8 Å². The fourth-order valence-electron chi connectivity index (χ4n) is 3.71. The summed E-state index contributed by atoms with van der Waals surface area (Å²) in [5.41, 5.74) is 2.84. The van der Waals surface area contributed by atoms with E-state index >= 15 is 0 Å². The van der Waals surface area contributed by atoms with Crippen LogP contribution in [0.25, 0.3) is 0 Å². The van der Waals surface area contributed by atoms with Crippen molar-refractivity contribution in [2.24, 2.45) is 10.8 Å². The third-order valence-electron chi connectivity index (χ3n) is 6.71. The van der Waals surface area contributed by atoms with Crippen LogP contribution >= 0.6 is 0 Å². The fraction of sp³-hybridized carbons (Fsp3) is 0.727. The molecule has 0 radical (unpaired) electrons. The molecule has 1 aromatic carbocycles. The Hall–Kier alpha value is -0.940. The molecule has 0 aliphatic carbocycles. The molecule has 4 nitrogen and oxygen atoms in total. The second-order valence-electron chi connectivity index (χ2n) is 8.14. The van der Waals surface area contributed by atoms with Crippen molar-refractivity contribution < 1.29 is 18.9 Å². The normalized spacial score (nSPS) is 22.9. The predicted octanol–water partition coefficient (Wildman–Crippen LogP) is 4.35. The fourth-order valence-corrected chi connectivity index (χ4v) is 3.71. The molecule has 2 atom stereocenters. The smallest absolute Gasteiger partial charge is 0.0720 e. The lowest BCUT2D eigenvalue weighted by molar-refractivity contribution is -0.187. The van der Waals surface area contributed by atoms with E-state index in [9.17, 15) is 0 Å². The van der Waals surface area contributed by atoms with Gasteiger partial charge in [0.25, 0.3) is 0 Å². The maximum atomic E-state index is 6.12. The minimum Gasteiger partial charge on any atom is -0.380 e. The van der Waals surface area contributed by atoms with E-state index in [-0.39, 0.29) is 23.0 Å². The van der Waals surface area contributed by atoms with Gasteiger partial charge in [-0.1, -0.05) is 38.1 Å². The van der Waals surface area contributed by atoms with E-state index in [1.807, 2.05) is 0 Å². The highest BCUT2D eigenvalue weighted by Crippen LogP contribution is 2.37. The quantitative estimate of drug-likeness (QED) is 0.620. The number of ether oxygens (including phenoxy) is 4. The molecule has 2 fully saturated rings. The van der Waals surface area contributed by atoms with Crippen LogP contribution < -0.4 is 0 Å². The number of hydrogen-bond donors (Lipinski definition) is 0. The molecule has 2 unspecified atom stereocenters. The Balaban J connectivity index is 1.45. The molecule has 1 aromatic rings. The van der Waals surface area contributed by atoms with Crippen LogP contribution in [0.4, 0.5) is 0 Å². The molecular formula is C22H34O4. The molecule has 146 valence electrons. The van der Waals surface area contributed by atoms with Crippen LogP contribution in [0.2, 0.25) is 0 Å². The number of benzene rings is 1. The van der Waals surface area contributed by atoms with E-state index in [1.54, 1.807) is 0 Å². The van der Waals surface area contributed by atoms with Gasteiger partial charge in [-0.3, -0.25) is 0 Å². The second kappa shape index (κ2) is 8.39. The largest absolute Gasteiger partial charge is 0.380 e. The molecule has 0 amide bonds. The first-order valence-electron chi connectivity index (χ1n) is 10.00. The average Bonchev–Trinajstić information content (AvgIpc) is 2.58. The molecule has 3 rings (SSSR count). The van der Waals surface area contributed by atoms with Crippen LogP contribution in [0.1, 0.15) is 51.7 Å². The maximum Gasteiger partial charge on any atom is 0.0720 e. The highest BCUT2D eigenvalue weighted by atomic mass is 16.5. The van der Waals surface area contributed by atoms with Crippen LogP contribution in [0.3, 0.4) is 0 Å². The van der Waals surface area contributed by atoms with Crippen LogP contribution in [0.5, 0.6) is 0 Å². The molecule has 0 aromatic heterocycles. The van der Waals surface area contributed by atoms with E-state index in [0.29, 0.717) is 13.2 Å². The van der Waals surface area contributed by atoms with Crippen molar-refractivity contribution in [3.63, 3.8) is 0 Å². The third kappa shape index (κ3) is 3.99. The monoisotopic (exact) mass is 362 g/mol. The third-order valence-corrected chi connectivity index (χ3v) is 6.71. The van der Waals surface area contributed by atoms with Gasteiger partial charge in [0.2, 0.25) is 0 Å². The van der Waals surface area contributed by atoms with Gasteiger partial charge in [-0.2, -0.15) is 0 Å². The van der Waals surface area contributed by atoms with E-state index in [1.165, 1.54) is 11.1 Å². The van der Waals surface area contributed by atoms with Gasteiger partial charge in [-0.15, -0.1) is 0 Å². The average molecular weight is 363 g/mol. The lowest BCUT2D eigenvalue weighted by Crippen LogP contribution is -2.50. The molecule has 2 aliphatic heterocycles. The molecule has 0 bridgehead atoms. The van der Waals surface area contributed by atoms with Crippen molar-refractivity contribution in [1.82, 2.24) is 0 Å². The van der Waals surface area contributed by atoms with Crippen LogP contribution in [-0.2, 0) is 32.2 Å². The molecular weight excluding hydrogens is 328 g/mol. The maximum absolute atomic E-state index is 6.12. The van der Waals surface area contributed by atoms with Crippen molar-refractivity contribution in [2.75, 3.05) is 26.4 Å². The minimum atomic E-state index is 0.213. The summed E-state index contributed by atoms with van der Waals surface area (Å²) in [6, 6.07) is 8.59. The Labute approximate surface area is 158 Å². The summed E-state index contributed by atoms with van der Waals surface area (Å²) in [4.78, 5) is 0. The zero-order valence-electron chi connectivity index (χ0n) is 16.8. The van der Waals surface area contributed by atoms with E-state index in [2.05, 4.69) is 52.0 Å². The standard InChI is InChI=1S/C22H34O4/c1-5-21(13-23-14-21)17(3)25-11-19-7-9-20(10-8-19)12-26-18(4)22(6-2)15-24-16-22/h7-10,17-18H,5-6,11-16H2,1-4H3. The zero-order chi connectivity index (χ0) is 18.6. The summed E-state index contributed by atoms with van der Waals surface area (Å²) < 4.78 is 23.1. The van der Waals surface area contributed by atoms with Gasteiger partial charge in [-0.05, 0) is 37.8 Å². The molecule has 2 aliphatic rings. The topological polar surface area (TPSA) is 36.9 Å². The minimum absolute atomic E-state index is 0.213. The van der Waals surface area contributed by atoms with Gasteiger partial charge in [-0.25, -0.2) is 0 Å². The Morgan fingerprint density at radius 1 is 0.769 bits per heavy atom. The Morgan fingerprint density at radius 2 is 1.12 bits per heavy atom. The van der Waals surface area contributed by atoms with Gasteiger partial charge in [0, 0.05) is 10.8 Å². The van der Waals surface area contributed by atoms with Crippen LogP contribution in [0.15, 0.2) is 24.3 Å². The summed E-state index contributed by atoms with van der Waals surface area (Å²) >= 11 is 0. The number of hydrogen-bond acceptors (Lipinski definition) is 4. The molecule has 0 spiro atoms. The van der Waals surface area contributed by atoms with Gasteiger partial charge in [0.15, 0.2) is 0 Å². The molecule has 2 saturated heterocycles. The van der Waals surface area contributed by atoms with Gasteiger partial charge < -0.3 is 18.9 Å². The van der Waals surface area contributed by atoms with Crippen molar-refractivity contribution in [1.29, 1.82) is 0 Å². The van der Waals surface area contributed by atoms with E-state index in [0.717, 1.165) is 39.3 Å². The highest BCUT2D eigenvalue weighted by Gasteiger charge is 2.43. The Morgan fingerprint density at radius 3 is 1.35 bits per heavy atom. The molecule has 4 heteroatoms. The first-order valence-corrected chi connectivity index (χ1v) is 10.00. The first-order chi connectivity index (χ1) is 12.5. The lowest BCUT2D eigenvalue weighted by atomic mass is 9.78. The molecule has 0 N–H and O–H groups in total. The van der Waals surface area contributed by atoms with Crippen molar-refractivity contribution in [3.8, 4) is 0 Å². The molecule has 2 heterocycles. The second-order valence-corrected chi connectivity index (χ2v) is 8.14. The zero-order valence-corrected chi connectivity index (χ0v) is 16.8. The van der Waals surface area contributed by atoms with Crippen molar-refractivity contribution in [3.05, 3.63) is 35.4 Å². The first kappa shape index (κ1) is 19.8. The summed E-state index contributed by atoms with van der Waals surface area (Å²) in [5.74, 6) is 0. The summed E-state index contributed by atoms with van der Waals surface area (Å²) in [7, 11) is 0. The van der Waals surface area contributed by atoms with Gasteiger partial charge >= 0.3 is 0 Å². The highest BCUT2D eigenvalue weighted by molar-refractivity contribution is 5.21. The SMILES string of the molecule is CCC1(C(C)OCc2ccc(COC(C)C3(CC)COC3)cc2)COC1. The summed E-state index contributed by atoms with van der Waals surface area (Å²) in [6.07, 6.45) is 2.65. The molecule has 26 heavy (non-hydrogen) atoms. The lowest BCUT2D eigenvalue weighted by Gasteiger charge is -2.45. The predicted molar refractivity (Wildman–Crippen MR) is 102 cm³/mol. The van der Waals surface area contributed by atoms with Crippen molar-refractivity contribution in [2.45, 2.75) is 66.0 Å². The summed E-state index contributed by atoms with van der Waals surface area (Å²) in [5, 5.41) is 0. The Kier molecular flexibility index (Phi) is 6.39.